The van der Waals surface area contributed by atoms with Crippen LogP contribution < -0.4 is 0 Å². The first-order chi connectivity index (χ1) is 5.52. The highest BCUT2D eigenvalue weighted by Gasteiger charge is 2.20. The van der Waals surface area contributed by atoms with Gasteiger partial charge in [0.15, 0.2) is 0 Å². The zero-order valence-corrected chi connectivity index (χ0v) is 9.76. The highest BCUT2D eigenvalue weighted by molar-refractivity contribution is 8.11. The summed E-state index contributed by atoms with van der Waals surface area (Å²) in [6, 6.07) is 0. The first kappa shape index (κ1) is 12.6. The Balaban J connectivity index is 4.15. The molecule has 0 aliphatic carbocycles. The summed E-state index contributed by atoms with van der Waals surface area (Å²) in [7, 11) is 0. The smallest absolute Gasteiger partial charge is 0.282 e. The lowest BCUT2D eigenvalue weighted by atomic mass is 10.5. The minimum absolute atomic E-state index is 0.0218. The standard InChI is InChI=1S/C6H10Cl3O2P/c1-2-3-11-5-6(4-7)12(8,9)10/h5H,2-4H2,1H3/b6-5+. The Labute approximate surface area is 86.8 Å². The Kier molecular flexibility index (Phi) is 6.48. The lowest BCUT2D eigenvalue weighted by Gasteiger charge is -2.04. The van der Waals surface area contributed by atoms with E-state index in [9.17, 15) is 4.57 Å². The Morgan fingerprint density at radius 1 is 1.58 bits per heavy atom. The van der Waals surface area contributed by atoms with Crippen LogP contribution in [0.4, 0.5) is 0 Å². The monoisotopic (exact) mass is 250 g/mol. The van der Waals surface area contributed by atoms with Crippen molar-refractivity contribution >= 4 is 39.9 Å². The summed E-state index contributed by atoms with van der Waals surface area (Å²) in [5.74, 6) is -3.25. The fraction of sp³-hybridized carbons (Fsp3) is 0.667. The average molecular weight is 251 g/mol. The van der Waals surface area contributed by atoms with Crippen LogP contribution in [0.1, 0.15) is 13.3 Å². The van der Waals surface area contributed by atoms with E-state index >= 15 is 0 Å². The third-order valence-electron chi connectivity index (χ3n) is 1.01. The summed E-state index contributed by atoms with van der Waals surface area (Å²) in [5, 5.41) is 0.237. The van der Waals surface area contributed by atoms with Gasteiger partial charge in [-0.15, -0.1) is 11.6 Å². The van der Waals surface area contributed by atoms with Crippen LogP contribution in [0.2, 0.25) is 0 Å². The second-order valence-electron chi connectivity index (χ2n) is 2.08. The molecule has 72 valence electrons. The van der Waals surface area contributed by atoms with Gasteiger partial charge in [-0.2, -0.15) is 0 Å². The number of hydrogen-bond acceptors (Lipinski definition) is 2. The van der Waals surface area contributed by atoms with Crippen LogP contribution >= 0.6 is 39.9 Å². The SMILES string of the molecule is CCCO/C=C(\CCl)P(=O)(Cl)Cl. The van der Waals surface area contributed by atoms with Crippen molar-refractivity contribution in [2.24, 2.45) is 0 Å². The third kappa shape index (κ3) is 5.31. The molecule has 0 aromatic carbocycles. The number of hydrogen-bond donors (Lipinski definition) is 0. The quantitative estimate of drug-likeness (QED) is 0.317. The van der Waals surface area contributed by atoms with Crippen LogP contribution in [0.3, 0.4) is 0 Å². The van der Waals surface area contributed by atoms with Crippen LogP contribution in [0.25, 0.3) is 0 Å². The van der Waals surface area contributed by atoms with E-state index in [0.29, 0.717) is 6.61 Å². The molecule has 0 radical (unpaired) electrons. The summed E-state index contributed by atoms with van der Waals surface area (Å²) in [5.41, 5.74) is 0. The van der Waals surface area contributed by atoms with E-state index in [-0.39, 0.29) is 11.2 Å². The molecule has 0 heterocycles. The van der Waals surface area contributed by atoms with Crippen molar-refractivity contribution in [3.63, 3.8) is 0 Å². The molecule has 0 aromatic heterocycles. The Morgan fingerprint density at radius 2 is 2.17 bits per heavy atom. The lowest BCUT2D eigenvalue weighted by molar-refractivity contribution is 0.248. The van der Waals surface area contributed by atoms with Gasteiger partial charge in [-0.25, -0.2) is 0 Å². The van der Waals surface area contributed by atoms with Crippen LogP contribution in [0, 0.1) is 0 Å². The molecule has 0 amide bonds. The van der Waals surface area contributed by atoms with E-state index in [4.69, 9.17) is 38.8 Å². The minimum Gasteiger partial charge on any atom is -0.501 e. The third-order valence-corrected chi connectivity index (χ3v) is 3.72. The minimum atomic E-state index is -3.27. The van der Waals surface area contributed by atoms with Crippen molar-refractivity contribution in [2.75, 3.05) is 12.5 Å². The first-order valence-corrected chi connectivity index (χ1v) is 7.44. The van der Waals surface area contributed by atoms with Gasteiger partial charge in [0.25, 0.3) is 5.85 Å². The molecular weight excluding hydrogens is 241 g/mol. The molecule has 0 N–H and O–H groups in total. The van der Waals surface area contributed by atoms with E-state index in [2.05, 4.69) is 0 Å². The highest BCUT2D eigenvalue weighted by atomic mass is 35.9. The summed E-state index contributed by atoms with van der Waals surface area (Å²) >= 11 is 16.2. The number of rotatable bonds is 5. The molecule has 6 heteroatoms. The van der Waals surface area contributed by atoms with Crippen molar-refractivity contribution in [1.29, 1.82) is 0 Å². The Hall–Kier alpha value is 0.640. The van der Waals surface area contributed by atoms with E-state index < -0.39 is 5.85 Å². The van der Waals surface area contributed by atoms with Gasteiger partial charge in [0.1, 0.15) is 0 Å². The first-order valence-electron chi connectivity index (χ1n) is 3.39. The number of halogens is 3. The van der Waals surface area contributed by atoms with Crippen molar-refractivity contribution in [3.8, 4) is 0 Å². The van der Waals surface area contributed by atoms with Gasteiger partial charge in [0.05, 0.1) is 24.1 Å². The molecule has 0 aromatic rings. The van der Waals surface area contributed by atoms with E-state index in [1.54, 1.807) is 0 Å². The van der Waals surface area contributed by atoms with Gasteiger partial charge < -0.3 is 4.74 Å². The number of allylic oxidation sites excluding steroid dienone is 1. The van der Waals surface area contributed by atoms with E-state index in [0.717, 1.165) is 6.42 Å². The fourth-order valence-corrected chi connectivity index (χ4v) is 2.30. The van der Waals surface area contributed by atoms with Crippen molar-refractivity contribution in [3.05, 3.63) is 11.6 Å². The lowest BCUT2D eigenvalue weighted by Crippen LogP contribution is -1.87. The summed E-state index contributed by atoms with van der Waals surface area (Å²) in [6.45, 7) is 2.49. The van der Waals surface area contributed by atoms with Crippen LogP contribution in [0.15, 0.2) is 11.6 Å². The normalized spacial score (nSPS) is 13.2. The molecule has 0 aliphatic rings. The fourth-order valence-electron chi connectivity index (χ4n) is 0.435. The highest BCUT2D eigenvalue weighted by Crippen LogP contribution is 2.63. The van der Waals surface area contributed by atoms with Gasteiger partial charge in [-0.05, 0) is 28.9 Å². The molecule has 0 atom stereocenters. The van der Waals surface area contributed by atoms with Gasteiger partial charge in [-0.3, -0.25) is 4.57 Å². The Morgan fingerprint density at radius 3 is 2.50 bits per heavy atom. The molecule has 0 aliphatic heterocycles. The molecule has 0 unspecified atom stereocenters. The summed E-state index contributed by atoms with van der Waals surface area (Å²) in [4.78, 5) is 0. The van der Waals surface area contributed by atoms with Gasteiger partial charge in [0.2, 0.25) is 0 Å². The predicted octanol–water partition coefficient (Wildman–Crippen LogP) is 4.16. The molecule has 2 nitrogen and oxygen atoms in total. The second-order valence-corrected chi connectivity index (χ2v) is 7.22. The van der Waals surface area contributed by atoms with Crippen LogP contribution in [0.5, 0.6) is 0 Å². The Bertz CT molecular complexity index is 199. The largest absolute Gasteiger partial charge is 0.501 e. The molecule has 0 rings (SSSR count). The van der Waals surface area contributed by atoms with Crippen LogP contribution in [-0.4, -0.2) is 12.5 Å². The van der Waals surface area contributed by atoms with E-state index in [1.807, 2.05) is 6.92 Å². The zero-order valence-electron chi connectivity index (χ0n) is 6.60. The predicted molar refractivity (Wildman–Crippen MR) is 54.4 cm³/mol. The average Bonchev–Trinajstić information content (AvgIpc) is 1.95. The summed E-state index contributed by atoms with van der Waals surface area (Å²) in [6.07, 6.45) is 2.14. The maximum absolute atomic E-state index is 11.0. The number of alkyl halides is 1. The topological polar surface area (TPSA) is 26.3 Å². The van der Waals surface area contributed by atoms with Gasteiger partial charge in [-0.1, -0.05) is 6.92 Å². The molecule has 0 saturated heterocycles. The molecular formula is C6H10Cl3O2P. The zero-order chi connectivity index (χ0) is 9.61. The summed E-state index contributed by atoms with van der Waals surface area (Å²) < 4.78 is 16.0. The van der Waals surface area contributed by atoms with Gasteiger partial charge in [0, 0.05) is 0 Å². The molecule has 12 heavy (non-hydrogen) atoms. The molecule has 0 bridgehead atoms. The van der Waals surface area contributed by atoms with E-state index in [1.165, 1.54) is 6.26 Å². The number of ether oxygens (including phenoxy) is 1. The maximum atomic E-state index is 11.0. The second kappa shape index (κ2) is 6.15. The van der Waals surface area contributed by atoms with Gasteiger partial charge >= 0.3 is 0 Å². The van der Waals surface area contributed by atoms with Crippen molar-refractivity contribution in [1.82, 2.24) is 0 Å². The van der Waals surface area contributed by atoms with Crippen molar-refractivity contribution < 1.29 is 9.30 Å². The maximum Gasteiger partial charge on any atom is 0.282 e. The van der Waals surface area contributed by atoms with Crippen LogP contribution in [-0.2, 0) is 9.30 Å². The molecule has 0 fully saturated rings. The molecule has 0 spiro atoms. The van der Waals surface area contributed by atoms with Crippen molar-refractivity contribution in [2.45, 2.75) is 13.3 Å². The molecule has 0 saturated carbocycles.